The Bertz CT molecular complexity index is 781. The molecule has 1 N–H and O–H groups in total. The summed E-state index contributed by atoms with van der Waals surface area (Å²) in [6, 6.07) is 14.8. The van der Waals surface area contributed by atoms with Crippen LogP contribution in [0.2, 0.25) is 0 Å². The molecule has 4 nitrogen and oxygen atoms in total. The van der Waals surface area contributed by atoms with Crippen LogP contribution in [0.25, 0.3) is 0 Å². The fourth-order valence-corrected chi connectivity index (χ4v) is 3.18. The zero-order valence-corrected chi connectivity index (χ0v) is 16.0. The summed E-state index contributed by atoms with van der Waals surface area (Å²) < 4.78 is 5.82. The lowest BCUT2D eigenvalue weighted by Gasteiger charge is -2.31. The van der Waals surface area contributed by atoms with Gasteiger partial charge in [0.2, 0.25) is 0 Å². The van der Waals surface area contributed by atoms with E-state index in [0.717, 1.165) is 43.1 Å². The highest BCUT2D eigenvalue weighted by atomic mass is 32.1. The van der Waals surface area contributed by atoms with E-state index in [2.05, 4.69) is 17.1 Å². The van der Waals surface area contributed by atoms with Crippen molar-refractivity contribution in [2.75, 3.05) is 18.4 Å². The van der Waals surface area contributed by atoms with E-state index in [1.165, 1.54) is 0 Å². The molecule has 2 aromatic carbocycles. The fraction of sp³-hybridized carbons (Fsp3) is 0.333. The molecule has 0 spiro atoms. The molecule has 0 radical (unpaired) electrons. The number of rotatable bonds is 3. The summed E-state index contributed by atoms with van der Waals surface area (Å²) in [5.41, 5.74) is 2.46. The molecule has 5 heteroatoms. The number of ether oxygens (including phenoxy) is 1. The quantitative estimate of drug-likeness (QED) is 0.801. The number of likely N-dealkylation sites (tertiary alicyclic amines) is 1. The maximum Gasteiger partial charge on any atom is 0.264 e. The average molecular weight is 369 g/mol. The maximum absolute atomic E-state index is 12.5. The number of piperidine rings is 1. The van der Waals surface area contributed by atoms with Crippen LogP contribution in [-0.4, -0.2) is 29.1 Å². The third-order valence-corrected chi connectivity index (χ3v) is 4.99. The molecule has 1 saturated heterocycles. The van der Waals surface area contributed by atoms with Gasteiger partial charge in [-0.2, -0.15) is 0 Å². The number of benzene rings is 2. The monoisotopic (exact) mass is 368 g/mol. The minimum Gasteiger partial charge on any atom is -0.432 e. The lowest BCUT2D eigenvalue weighted by Crippen LogP contribution is -2.39. The van der Waals surface area contributed by atoms with Gasteiger partial charge in [-0.3, -0.25) is 4.79 Å². The first-order chi connectivity index (χ1) is 12.5. The van der Waals surface area contributed by atoms with E-state index >= 15 is 0 Å². The zero-order chi connectivity index (χ0) is 18.5. The molecular weight excluding hydrogens is 344 g/mol. The molecule has 1 aliphatic heterocycles. The lowest BCUT2D eigenvalue weighted by atomic mass is 10.00. The summed E-state index contributed by atoms with van der Waals surface area (Å²) in [7, 11) is 0. The maximum atomic E-state index is 12.5. The minimum atomic E-state index is -0.169. The number of amides is 1. The van der Waals surface area contributed by atoms with Gasteiger partial charge in [-0.25, -0.2) is 0 Å². The number of carbonyl (C=O) groups is 1. The topological polar surface area (TPSA) is 41.6 Å². The summed E-state index contributed by atoms with van der Waals surface area (Å²) in [4.78, 5) is 14.6. The van der Waals surface area contributed by atoms with Gasteiger partial charge in [0.25, 0.3) is 11.1 Å². The number of carbonyl (C=O) groups excluding carboxylic acids is 1. The molecule has 2 aromatic rings. The van der Waals surface area contributed by atoms with Crippen LogP contribution >= 0.6 is 12.2 Å². The fourth-order valence-electron chi connectivity index (χ4n) is 2.90. The summed E-state index contributed by atoms with van der Waals surface area (Å²) in [5, 5.41) is 3.38. The standard InChI is InChI=1S/C21H24N2O2S/c1-15-6-8-18(9-7-15)22-20(24)17-4-3-5-19(14-17)25-21(26)23-12-10-16(2)11-13-23/h3-9,14,16H,10-13H2,1-2H3,(H,22,24). The third-order valence-electron chi connectivity index (χ3n) is 4.65. The molecule has 1 aliphatic rings. The van der Waals surface area contributed by atoms with Gasteiger partial charge in [-0.15, -0.1) is 0 Å². The van der Waals surface area contributed by atoms with Crippen molar-refractivity contribution in [3.63, 3.8) is 0 Å². The smallest absolute Gasteiger partial charge is 0.264 e. The molecule has 1 fully saturated rings. The molecule has 0 atom stereocenters. The Hall–Kier alpha value is -2.40. The highest BCUT2D eigenvalue weighted by molar-refractivity contribution is 7.80. The molecule has 26 heavy (non-hydrogen) atoms. The van der Waals surface area contributed by atoms with Gasteiger partial charge < -0.3 is 15.0 Å². The molecule has 3 rings (SSSR count). The largest absolute Gasteiger partial charge is 0.432 e. The minimum absolute atomic E-state index is 0.169. The van der Waals surface area contributed by atoms with E-state index in [4.69, 9.17) is 17.0 Å². The van der Waals surface area contributed by atoms with E-state index in [0.29, 0.717) is 16.5 Å². The molecule has 1 heterocycles. The number of hydrogen-bond donors (Lipinski definition) is 1. The van der Waals surface area contributed by atoms with Crippen LogP contribution in [0.15, 0.2) is 48.5 Å². The number of nitrogens with zero attached hydrogens (tertiary/aromatic N) is 1. The van der Waals surface area contributed by atoms with Gasteiger partial charge in [-0.1, -0.05) is 30.7 Å². The van der Waals surface area contributed by atoms with Crippen LogP contribution in [0.1, 0.15) is 35.7 Å². The summed E-state index contributed by atoms with van der Waals surface area (Å²) >= 11 is 5.42. The predicted molar refractivity (Wildman–Crippen MR) is 109 cm³/mol. The van der Waals surface area contributed by atoms with Gasteiger partial charge in [0, 0.05) is 24.3 Å². The number of thiocarbonyl (C=S) groups is 1. The van der Waals surface area contributed by atoms with Gasteiger partial charge in [0.1, 0.15) is 5.75 Å². The molecule has 136 valence electrons. The average Bonchev–Trinajstić information content (AvgIpc) is 2.64. The number of anilines is 1. The van der Waals surface area contributed by atoms with Gasteiger partial charge in [0.05, 0.1) is 0 Å². The molecule has 0 unspecified atom stereocenters. The van der Waals surface area contributed by atoms with Crippen molar-refractivity contribution in [1.29, 1.82) is 0 Å². The second kappa shape index (κ2) is 8.32. The van der Waals surface area contributed by atoms with Crippen LogP contribution in [-0.2, 0) is 0 Å². The number of nitrogens with one attached hydrogen (secondary N) is 1. The molecule has 0 bridgehead atoms. The van der Waals surface area contributed by atoms with Gasteiger partial charge >= 0.3 is 0 Å². The Morgan fingerprint density at radius 1 is 1.15 bits per heavy atom. The van der Waals surface area contributed by atoms with Crippen LogP contribution in [0.4, 0.5) is 5.69 Å². The van der Waals surface area contributed by atoms with Crippen LogP contribution in [0.5, 0.6) is 5.75 Å². The first-order valence-corrected chi connectivity index (χ1v) is 9.37. The molecule has 0 aliphatic carbocycles. The second-order valence-corrected chi connectivity index (χ2v) is 7.23. The van der Waals surface area contributed by atoms with E-state index in [-0.39, 0.29) is 5.91 Å². The Morgan fingerprint density at radius 3 is 2.54 bits per heavy atom. The Balaban J connectivity index is 1.63. The van der Waals surface area contributed by atoms with Crippen LogP contribution in [0.3, 0.4) is 0 Å². The summed E-state index contributed by atoms with van der Waals surface area (Å²) in [6.07, 6.45) is 2.25. The summed E-state index contributed by atoms with van der Waals surface area (Å²) in [5.74, 6) is 1.16. The van der Waals surface area contributed by atoms with Crippen molar-refractivity contribution in [2.45, 2.75) is 26.7 Å². The van der Waals surface area contributed by atoms with Crippen molar-refractivity contribution in [2.24, 2.45) is 5.92 Å². The van der Waals surface area contributed by atoms with E-state index in [1.807, 2.05) is 37.3 Å². The van der Waals surface area contributed by atoms with Crippen molar-refractivity contribution in [1.82, 2.24) is 4.90 Å². The highest BCUT2D eigenvalue weighted by Gasteiger charge is 2.19. The Kier molecular flexibility index (Phi) is 5.89. The van der Waals surface area contributed by atoms with Crippen molar-refractivity contribution < 1.29 is 9.53 Å². The predicted octanol–water partition coefficient (Wildman–Crippen LogP) is 4.64. The van der Waals surface area contributed by atoms with Crippen LogP contribution < -0.4 is 10.1 Å². The van der Waals surface area contributed by atoms with Crippen molar-refractivity contribution in [3.8, 4) is 5.75 Å². The lowest BCUT2D eigenvalue weighted by molar-refractivity contribution is 0.102. The van der Waals surface area contributed by atoms with E-state index in [1.54, 1.807) is 18.2 Å². The van der Waals surface area contributed by atoms with Gasteiger partial charge in [-0.05, 0) is 68.2 Å². The van der Waals surface area contributed by atoms with Crippen LogP contribution in [0, 0.1) is 12.8 Å². The molecule has 0 saturated carbocycles. The molecule has 0 aromatic heterocycles. The number of aryl methyl sites for hydroxylation is 1. The van der Waals surface area contributed by atoms with E-state index in [9.17, 15) is 4.79 Å². The summed E-state index contributed by atoms with van der Waals surface area (Å²) in [6.45, 7) is 6.12. The Morgan fingerprint density at radius 2 is 1.85 bits per heavy atom. The zero-order valence-electron chi connectivity index (χ0n) is 15.2. The number of hydrogen-bond acceptors (Lipinski definition) is 3. The van der Waals surface area contributed by atoms with Gasteiger partial charge in [0.15, 0.2) is 0 Å². The molecular formula is C21H24N2O2S. The molecule has 1 amide bonds. The van der Waals surface area contributed by atoms with E-state index < -0.39 is 0 Å². The highest BCUT2D eigenvalue weighted by Crippen LogP contribution is 2.20. The van der Waals surface area contributed by atoms with Crippen molar-refractivity contribution >= 4 is 29.0 Å². The SMILES string of the molecule is Cc1ccc(NC(=O)c2cccc(OC(=S)N3CCC(C)CC3)c2)cc1. The van der Waals surface area contributed by atoms with Crippen molar-refractivity contribution in [3.05, 3.63) is 59.7 Å². The first-order valence-electron chi connectivity index (χ1n) is 8.96. The second-order valence-electron chi connectivity index (χ2n) is 6.89. The third kappa shape index (κ3) is 4.82. The Labute approximate surface area is 160 Å². The first kappa shape index (κ1) is 18.4. The normalized spacial score (nSPS) is 14.8.